The highest BCUT2D eigenvalue weighted by atomic mass is 19.4. The maximum atomic E-state index is 12.9. The molecule has 1 heterocycles. The molecule has 34 heavy (non-hydrogen) atoms. The number of esters is 1. The number of carboxylic acids is 1. The summed E-state index contributed by atoms with van der Waals surface area (Å²) in [5, 5.41) is 8.04. The Morgan fingerprint density at radius 3 is 2.18 bits per heavy atom. The number of carbonyl (C=O) groups excluding carboxylic acids is 1. The van der Waals surface area contributed by atoms with Crippen molar-refractivity contribution in [3.8, 4) is 0 Å². The molecule has 1 aromatic carbocycles. The van der Waals surface area contributed by atoms with Crippen molar-refractivity contribution >= 4 is 22.8 Å². The predicted octanol–water partition coefficient (Wildman–Crippen LogP) is 5.64. The number of aromatic nitrogens is 1. The molecule has 1 aliphatic carbocycles. The molecule has 2 aromatic rings. The Morgan fingerprint density at radius 2 is 1.68 bits per heavy atom. The van der Waals surface area contributed by atoms with Crippen molar-refractivity contribution < 1.29 is 32.6 Å². The number of pyridine rings is 1. The lowest BCUT2D eigenvalue weighted by Gasteiger charge is -2.20. The Balaban J connectivity index is 0.000000509. The second-order valence-corrected chi connectivity index (χ2v) is 8.63. The van der Waals surface area contributed by atoms with E-state index in [1.807, 2.05) is 6.07 Å². The number of aliphatic carboxylic acids is 1. The average molecular weight is 483 g/mol. The quantitative estimate of drug-likeness (QED) is 0.466. The number of carboxylic acid groups (broad SMARTS) is 1. The number of alkyl halides is 3. The Hall–Kier alpha value is -2.68. The van der Waals surface area contributed by atoms with Crippen molar-refractivity contribution in [1.82, 2.24) is 9.88 Å². The van der Waals surface area contributed by atoms with Gasteiger partial charge in [-0.2, -0.15) is 13.2 Å². The average Bonchev–Trinajstić information content (AvgIpc) is 3.58. The SMILES string of the molecule is CCCN(CCC)CCOC(=O)c1cc(C2CC2)nc2c(C)cc(C)cc12.O=C(O)C(F)(F)F. The second kappa shape index (κ2) is 12.1. The molecule has 0 radical (unpaired) electrons. The standard InChI is InChI=1S/C23H32N2O2.C2HF3O2/c1-5-9-25(10-6-2)11-12-27-23(26)20-15-21(18-7-8-18)24-22-17(4)13-16(3)14-19(20)22;3-2(4,5)1(6)7/h13-15,18H,5-12H2,1-4H3;(H,6,7). The van der Waals surface area contributed by atoms with Crippen LogP contribution in [0.5, 0.6) is 0 Å². The van der Waals surface area contributed by atoms with Gasteiger partial charge in [0.15, 0.2) is 0 Å². The minimum absolute atomic E-state index is 0.220. The largest absolute Gasteiger partial charge is 0.490 e. The van der Waals surface area contributed by atoms with E-state index in [0.29, 0.717) is 18.1 Å². The lowest BCUT2D eigenvalue weighted by atomic mass is 10.0. The summed E-state index contributed by atoms with van der Waals surface area (Å²) < 4.78 is 37.4. The number of benzene rings is 1. The van der Waals surface area contributed by atoms with Crippen molar-refractivity contribution in [3.05, 3.63) is 40.6 Å². The summed E-state index contributed by atoms with van der Waals surface area (Å²) >= 11 is 0. The topological polar surface area (TPSA) is 79.7 Å². The number of carbonyl (C=O) groups is 2. The molecule has 1 saturated carbocycles. The molecule has 0 aliphatic heterocycles. The molecule has 6 nitrogen and oxygen atoms in total. The van der Waals surface area contributed by atoms with Gasteiger partial charge in [-0.1, -0.05) is 25.5 Å². The number of fused-ring (bicyclic) bond motifs is 1. The zero-order valence-corrected chi connectivity index (χ0v) is 20.2. The summed E-state index contributed by atoms with van der Waals surface area (Å²) in [4.78, 5) is 29.0. The number of nitrogens with zero attached hydrogens (tertiary/aromatic N) is 2. The molecule has 1 aliphatic rings. The van der Waals surface area contributed by atoms with Gasteiger partial charge >= 0.3 is 18.1 Å². The van der Waals surface area contributed by atoms with Gasteiger partial charge in [-0.05, 0) is 70.3 Å². The molecule has 0 unspecified atom stereocenters. The summed E-state index contributed by atoms with van der Waals surface area (Å²) in [5.74, 6) is -2.47. The highest BCUT2D eigenvalue weighted by Crippen LogP contribution is 2.40. The third kappa shape index (κ3) is 7.97. The van der Waals surface area contributed by atoms with Crippen LogP contribution in [0.15, 0.2) is 18.2 Å². The van der Waals surface area contributed by atoms with Crippen molar-refractivity contribution in [2.45, 2.75) is 65.5 Å². The number of aryl methyl sites for hydroxylation is 2. The van der Waals surface area contributed by atoms with Crippen LogP contribution in [0.3, 0.4) is 0 Å². The first kappa shape index (κ1) is 27.6. The molecule has 188 valence electrons. The van der Waals surface area contributed by atoms with E-state index in [0.717, 1.165) is 60.2 Å². The minimum Gasteiger partial charge on any atom is -0.475 e. The molecule has 3 rings (SSSR count). The number of ether oxygens (including phenoxy) is 1. The molecule has 1 fully saturated rings. The molecular weight excluding hydrogens is 449 g/mol. The monoisotopic (exact) mass is 482 g/mol. The van der Waals surface area contributed by atoms with Gasteiger partial charge in [0.05, 0.1) is 11.1 Å². The lowest BCUT2D eigenvalue weighted by molar-refractivity contribution is -0.192. The second-order valence-electron chi connectivity index (χ2n) is 8.63. The van der Waals surface area contributed by atoms with Crippen molar-refractivity contribution in [1.29, 1.82) is 0 Å². The number of hydrogen-bond acceptors (Lipinski definition) is 5. The lowest BCUT2D eigenvalue weighted by Crippen LogP contribution is -2.30. The Labute approximate surface area is 198 Å². The highest BCUT2D eigenvalue weighted by Gasteiger charge is 2.38. The van der Waals surface area contributed by atoms with E-state index in [9.17, 15) is 18.0 Å². The van der Waals surface area contributed by atoms with E-state index >= 15 is 0 Å². The van der Waals surface area contributed by atoms with Crippen LogP contribution in [0.1, 0.15) is 72.6 Å². The van der Waals surface area contributed by atoms with Gasteiger partial charge in [0.2, 0.25) is 0 Å². The molecule has 1 N–H and O–H groups in total. The van der Waals surface area contributed by atoms with Crippen LogP contribution in [-0.4, -0.2) is 59.3 Å². The van der Waals surface area contributed by atoms with Crippen molar-refractivity contribution in [3.63, 3.8) is 0 Å². The Kier molecular flexibility index (Phi) is 9.85. The van der Waals surface area contributed by atoms with Gasteiger partial charge in [0.1, 0.15) is 6.61 Å². The van der Waals surface area contributed by atoms with Crippen molar-refractivity contribution in [2.75, 3.05) is 26.2 Å². The fourth-order valence-corrected chi connectivity index (χ4v) is 3.77. The van der Waals surface area contributed by atoms with Gasteiger partial charge in [-0.3, -0.25) is 9.88 Å². The molecule has 0 amide bonds. The summed E-state index contributed by atoms with van der Waals surface area (Å²) in [6, 6.07) is 6.16. The van der Waals surface area contributed by atoms with Gasteiger partial charge in [-0.25, -0.2) is 9.59 Å². The van der Waals surface area contributed by atoms with E-state index in [1.165, 1.54) is 12.8 Å². The third-order valence-corrected chi connectivity index (χ3v) is 5.45. The van der Waals surface area contributed by atoms with Crippen molar-refractivity contribution in [2.24, 2.45) is 0 Å². The van der Waals surface area contributed by atoms with Crippen LogP contribution in [0.2, 0.25) is 0 Å². The number of hydrogen-bond donors (Lipinski definition) is 1. The van der Waals surface area contributed by atoms with Gasteiger partial charge in [-0.15, -0.1) is 0 Å². The zero-order chi connectivity index (χ0) is 25.5. The third-order valence-electron chi connectivity index (χ3n) is 5.45. The zero-order valence-electron chi connectivity index (χ0n) is 20.2. The molecule has 9 heteroatoms. The highest BCUT2D eigenvalue weighted by molar-refractivity contribution is 6.04. The maximum absolute atomic E-state index is 12.9. The molecule has 0 saturated heterocycles. The fourth-order valence-electron chi connectivity index (χ4n) is 3.77. The predicted molar refractivity (Wildman–Crippen MR) is 124 cm³/mol. The van der Waals surface area contributed by atoms with Crippen LogP contribution in [0.4, 0.5) is 13.2 Å². The van der Waals surface area contributed by atoms with Crippen LogP contribution in [0.25, 0.3) is 10.9 Å². The first-order chi connectivity index (χ1) is 16.0. The van der Waals surface area contributed by atoms with Crippen LogP contribution in [0, 0.1) is 13.8 Å². The van der Waals surface area contributed by atoms with Gasteiger partial charge in [0, 0.05) is 23.5 Å². The van der Waals surface area contributed by atoms with Gasteiger partial charge in [0.25, 0.3) is 0 Å². The van der Waals surface area contributed by atoms with Crippen LogP contribution >= 0.6 is 0 Å². The first-order valence-electron chi connectivity index (χ1n) is 11.6. The van der Waals surface area contributed by atoms with E-state index < -0.39 is 12.1 Å². The number of halogens is 3. The molecular formula is C25H33F3N2O4. The van der Waals surface area contributed by atoms with E-state index in [4.69, 9.17) is 19.6 Å². The Morgan fingerprint density at radius 1 is 1.09 bits per heavy atom. The van der Waals surface area contributed by atoms with Crippen LogP contribution in [-0.2, 0) is 9.53 Å². The molecule has 0 spiro atoms. The summed E-state index contributed by atoms with van der Waals surface area (Å²) in [5.41, 5.74) is 4.92. The summed E-state index contributed by atoms with van der Waals surface area (Å²) in [7, 11) is 0. The summed E-state index contributed by atoms with van der Waals surface area (Å²) in [6.45, 7) is 11.8. The summed E-state index contributed by atoms with van der Waals surface area (Å²) in [6.07, 6.45) is -0.514. The Bertz CT molecular complexity index is 998. The number of rotatable bonds is 9. The molecule has 1 aromatic heterocycles. The van der Waals surface area contributed by atoms with E-state index in [-0.39, 0.29) is 5.97 Å². The normalized spacial score (nSPS) is 13.5. The first-order valence-corrected chi connectivity index (χ1v) is 11.6. The molecule has 0 bridgehead atoms. The molecule has 0 atom stereocenters. The van der Waals surface area contributed by atoms with E-state index in [2.05, 4.69) is 44.7 Å². The fraction of sp³-hybridized carbons (Fsp3) is 0.560. The smallest absolute Gasteiger partial charge is 0.475 e. The maximum Gasteiger partial charge on any atom is 0.490 e. The van der Waals surface area contributed by atoms with Gasteiger partial charge < -0.3 is 9.84 Å². The van der Waals surface area contributed by atoms with E-state index in [1.54, 1.807) is 0 Å². The minimum atomic E-state index is -5.08. The van der Waals surface area contributed by atoms with Crippen LogP contribution < -0.4 is 0 Å².